The van der Waals surface area contributed by atoms with E-state index in [0.717, 1.165) is 23.8 Å². The predicted molar refractivity (Wildman–Crippen MR) is 75.7 cm³/mol. The summed E-state index contributed by atoms with van der Waals surface area (Å²) in [6.45, 7) is 4.09. The maximum absolute atomic E-state index is 6.01. The Kier molecular flexibility index (Phi) is 3.82. The second-order valence-electron chi connectivity index (χ2n) is 4.21. The third-order valence-electron chi connectivity index (χ3n) is 2.81. The van der Waals surface area contributed by atoms with Crippen LogP contribution in [0.5, 0.6) is 0 Å². The molecule has 0 atom stereocenters. The highest BCUT2D eigenvalue weighted by atomic mass is 35.5. The SMILES string of the molecule is CCc1nc(Cl)cc(N(C)c2ccc(C)cc2)n1. The first-order valence-electron chi connectivity index (χ1n) is 5.94. The molecule has 1 heterocycles. The molecule has 0 N–H and O–H groups in total. The summed E-state index contributed by atoms with van der Waals surface area (Å²) >= 11 is 6.01. The molecule has 0 unspecified atom stereocenters. The van der Waals surface area contributed by atoms with Gasteiger partial charge in [0, 0.05) is 25.2 Å². The number of halogens is 1. The van der Waals surface area contributed by atoms with Crippen molar-refractivity contribution in [3.05, 3.63) is 46.9 Å². The summed E-state index contributed by atoms with van der Waals surface area (Å²) in [6, 6.07) is 10.1. The summed E-state index contributed by atoms with van der Waals surface area (Å²) < 4.78 is 0. The number of hydrogen-bond acceptors (Lipinski definition) is 3. The molecule has 1 aromatic heterocycles. The first-order valence-corrected chi connectivity index (χ1v) is 6.32. The summed E-state index contributed by atoms with van der Waals surface area (Å²) in [5, 5.41) is 0.482. The van der Waals surface area contributed by atoms with Crippen LogP contribution in [0.4, 0.5) is 11.5 Å². The minimum Gasteiger partial charge on any atom is -0.329 e. The highest BCUT2D eigenvalue weighted by Gasteiger charge is 2.08. The Morgan fingerprint density at radius 1 is 1.17 bits per heavy atom. The molecule has 0 aliphatic carbocycles. The largest absolute Gasteiger partial charge is 0.329 e. The molecule has 0 radical (unpaired) electrons. The molecule has 0 bridgehead atoms. The van der Waals surface area contributed by atoms with Crippen LogP contribution in [-0.2, 0) is 6.42 Å². The van der Waals surface area contributed by atoms with E-state index >= 15 is 0 Å². The van der Waals surface area contributed by atoms with Gasteiger partial charge in [0.1, 0.15) is 16.8 Å². The Hall–Kier alpha value is -1.61. The number of aryl methyl sites for hydroxylation is 2. The van der Waals surface area contributed by atoms with Crippen molar-refractivity contribution in [1.82, 2.24) is 9.97 Å². The van der Waals surface area contributed by atoms with E-state index in [1.807, 2.05) is 18.9 Å². The van der Waals surface area contributed by atoms with Crippen LogP contribution in [-0.4, -0.2) is 17.0 Å². The lowest BCUT2D eigenvalue weighted by atomic mass is 10.2. The molecular formula is C14H16ClN3. The van der Waals surface area contributed by atoms with Gasteiger partial charge in [-0.1, -0.05) is 36.2 Å². The number of nitrogens with zero attached hydrogens (tertiary/aromatic N) is 3. The fourth-order valence-electron chi connectivity index (χ4n) is 1.68. The maximum atomic E-state index is 6.01. The van der Waals surface area contributed by atoms with Crippen LogP contribution in [0, 0.1) is 6.92 Å². The van der Waals surface area contributed by atoms with Gasteiger partial charge in [0.2, 0.25) is 0 Å². The molecule has 2 rings (SSSR count). The van der Waals surface area contributed by atoms with E-state index in [4.69, 9.17) is 11.6 Å². The minimum absolute atomic E-state index is 0.482. The molecule has 0 aliphatic rings. The second-order valence-corrected chi connectivity index (χ2v) is 4.60. The highest BCUT2D eigenvalue weighted by Crippen LogP contribution is 2.23. The fraction of sp³-hybridized carbons (Fsp3) is 0.286. The fourth-order valence-corrected chi connectivity index (χ4v) is 1.88. The third-order valence-corrected chi connectivity index (χ3v) is 3.00. The van der Waals surface area contributed by atoms with Crippen molar-refractivity contribution in [3.63, 3.8) is 0 Å². The lowest BCUT2D eigenvalue weighted by Gasteiger charge is -2.19. The number of benzene rings is 1. The second kappa shape index (κ2) is 5.36. The van der Waals surface area contributed by atoms with E-state index in [0.29, 0.717) is 5.15 Å². The van der Waals surface area contributed by atoms with E-state index in [1.165, 1.54) is 5.56 Å². The van der Waals surface area contributed by atoms with Crippen molar-refractivity contribution in [2.75, 3.05) is 11.9 Å². The molecular weight excluding hydrogens is 246 g/mol. The zero-order valence-corrected chi connectivity index (χ0v) is 11.6. The summed E-state index contributed by atoms with van der Waals surface area (Å²) in [7, 11) is 1.97. The van der Waals surface area contributed by atoms with Crippen molar-refractivity contribution >= 4 is 23.1 Å². The Bertz CT molecular complexity index is 537. The van der Waals surface area contributed by atoms with E-state index < -0.39 is 0 Å². The van der Waals surface area contributed by atoms with Crippen LogP contribution in [0.3, 0.4) is 0 Å². The van der Waals surface area contributed by atoms with Gasteiger partial charge in [0.25, 0.3) is 0 Å². The average Bonchev–Trinajstić information content (AvgIpc) is 2.38. The summed E-state index contributed by atoms with van der Waals surface area (Å²) in [6.07, 6.45) is 0.773. The predicted octanol–water partition coefficient (Wildman–Crippen LogP) is 3.77. The van der Waals surface area contributed by atoms with Gasteiger partial charge in [0.05, 0.1) is 0 Å². The average molecular weight is 262 g/mol. The molecule has 0 saturated carbocycles. The molecule has 2 aromatic rings. The summed E-state index contributed by atoms with van der Waals surface area (Å²) in [5.74, 6) is 1.58. The number of anilines is 2. The van der Waals surface area contributed by atoms with Crippen molar-refractivity contribution in [2.45, 2.75) is 20.3 Å². The van der Waals surface area contributed by atoms with Gasteiger partial charge in [-0.3, -0.25) is 0 Å². The molecule has 0 fully saturated rings. The first-order chi connectivity index (χ1) is 8.60. The van der Waals surface area contributed by atoms with Crippen molar-refractivity contribution in [3.8, 4) is 0 Å². The Balaban J connectivity index is 2.35. The molecule has 4 heteroatoms. The van der Waals surface area contributed by atoms with Gasteiger partial charge < -0.3 is 4.90 Å². The standard InChI is InChI=1S/C14H16ClN3/c1-4-13-16-12(15)9-14(17-13)18(3)11-7-5-10(2)6-8-11/h5-9H,4H2,1-3H3. The molecule has 0 aliphatic heterocycles. The van der Waals surface area contributed by atoms with Crippen LogP contribution < -0.4 is 4.90 Å². The van der Waals surface area contributed by atoms with Crippen molar-refractivity contribution < 1.29 is 0 Å². The molecule has 18 heavy (non-hydrogen) atoms. The van der Waals surface area contributed by atoms with Crippen LogP contribution in [0.15, 0.2) is 30.3 Å². The van der Waals surface area contributed by atoms with Crippen molar-refractivity contribution in [1.29, 1.82) is 0 Å². The Labute approximate surface area is 112 Å². The topological polar surface area (TPSA) is 29.0 Å². The lowest BCUT2D eigenvalue weighted by molar-refractivity contribution is 0.926. The van der Waals surface area contributed by atoms with Crippen LogP contribution in [0.25, 0.3) is 0 Å². The number of aromatic nitrogens is 2. The zero-order chi connectivity index (χ0) is 13.1. The Morgan fingerprint density at radius 2 is 1.83 bits per heavy atom. The van der Waals surface area contributed by atoms with Gasteiger partial charge in [-0.05, 0) is 19.1 Å². The molecule has 0 saturated heterocycles. The van der Waals surface area contributed by atoms with E-state index in [2.05, 4.69) is 41.2 Å². The number of hydrogen-bond donors (Lipinski definition) is 0. The zero-order valence-electron chi connectivity index (χ0n) is 10.8. The molecule has 0 spiro atoms. The van der Waals surface area contributed by atoms with Crippen molar-refractivity contribution in [2.24, 2.45) is 0 Å². The first kappa shape index (κ1) is 12.8. The van der Waals surface area contributed by atoms with Gasteiger partial charge in [-0.2, -0.15) is 0 Å². The normalized spacial score (nSPS) is 10.4. The van der Waals surface area contributed by atoms with Crippen LogP contribution >= 0.6 is 11.6 Å². The minimum atomic E-state index is 0.482. The maximum Gasteiger partial charge on any atom is 0.137 e. The molecule has 0 amide bonds. The summed E-state index contributed by atoms with van der Waals surface area (Å²) in [5.41, 5.74) is 2.32. The van der Waals surface area contributed by atoms with Gasteiger partial charge in [-0.25, -0.2) is 9.97 Å². The summed E-state index contributed by atoms with van der Waals surface area (Å²) in [4.78, 5) is 10.7. The third kappa shape index (κ3) is 2.79. The highest BCUT2D eigenvalue weighted by molar-refractivity contribution is 6.29. The smallest absolute Gasteiger partial charge is 0.137 e. The lowest BCUT2D eigenvalue weighted by Crippen LogP contribution is -2.12. The van der Waals surface area contributed by atoms with Gasteiger partial charge in [-0.15, -0.1) is 0 Å². The molecule has 1 aromatic carbocycles. The quantitative estimate of drug-likeness (QED) is 0.788. The molecule has 3 nitrogen and oxygen atoms in total. The van der Waals surface area contributed by atoms with E-state index in [1.54, 1.807) is 6.07 Å². The van der Waals surface area contributed by atoms with E-state index in [-0.39, 0.29) is 0 Å². The monoisotopic (exact) mass is 261 g/mol. The number of rotatable bonds is 3. The Morgan fingerprint density at radius 3 is 2.44 bits per heavy atom. The van der Waals surface area contributed by atoms with Gasteiger partial charge >= 0.3 is 0 Å². The van der Waals surface area contributed by atoms with Gasteiger partial charge in [0.15, 0.2) is 0 Å². The van der Waals surface area contributed by atoms with E-state index in [9.17, 15) is 0 Å². The molecule has 94 valence electrons. The van der Waals surface area contributed by atoms with Crippen LogP contribution in [0.2, 0.25) is 5.15 Å². The van der Waals surface area contributed by atoms with Crippen LogP contribution in [0.1, 0.15) is 18.3 Å².